The van der Waals surface area contributed by atoms with Gasteiger partial charge >= 0.3 is 0 Å². The fourth-order valence-electron chi connectivity index (χ4n) is 2.03. The molecule has 20 heavy (non-hydrogen) atoms. The Morgan fingerprint density at radius 2 is 1.85 bits per heavy atom. The van der Waals surface area contributed by atoms with Gasteiger partial charge in [-0.1, -0.05) is 28.8 Å². The van der Waals surface area contributed by atoms with Crippen LogP contribution >= 0.6 is 31.9 Å². The molecule has 4 nitrogen and oxygen atoms in total. The van der Waals surface area contributed by atoms with E-state index in [9.17, 15) is 8.42 Å². The average Bonchev–Trinajstić information content (AvgIpc) is 2.35. The zero-order valence-corrected chi connectivity index (χ0v) is 14.9. The van der Waals surface area contributed by atoms with Gasteiger partial charge in [-0.3, -0.25) is 9.71 Å². The van der Waals surface area contributed by atoms with Crippen LogP contribution in [0.2, 0.25) is 0 Å². The number of sulfonamides is 1. The van der Waals surface area contributed by atoms with Gasteiger partial charge in [0.1, 0.15) is 10.7 Å². The van der Waals surface area contributed by atoms with E-state index in [4.69, 9.17) is 0 Å². The maximum atomic E-state index is 12.4. The lowest BCUT2D eigenvalue weighted by Gasteiger charge is -2.14. The highest BCUT2D eigenvalue weighted by atomic mass is 79.9. The van der Waals surface area contributed by atoms with Crippen LogP contribution in [0.1, 0.15) is 32.1 Å². The summed E-state index contributed by atoms with van der Waals surface area (Å²) in [6.07, 6.45) is 4.97. The van der Waals surface area contributed by atoms with Gasteiger partial charge in [0.15, 0.2) is 0 Å². The molecule has 7 heteroatoms. The topological polar surface area (TPSA) is 58.5 Å². The molecule has 0 radical (unpaired) electrons. The molecule has 1 aromatic rings. The number of benzene rings is 1. The zero-order valence-electron chi connectivity index (χ0n) is 10.9. The van der Waals surface area contributed by atoms with Crippen LogP contribution in [0.15, 0.2) is 37.0 Å². The number of aliphatic imine (C=N–C) groups is 1. The van der Waals surface area contributed by atoms with Crippen molar-refractivity contribution in [3.63, 3.8) is 0 Å². The summed E-state index contributed by atoms with van der Waals surface area (Å²) < 4.78 is 28.7. The highest BCUT2D eigenvalue weighted by Crippen LogP contribution is 2.25. The Labute approximate surface area is 136 Å². The zero-order chi connectivity index (χ0) is 14.6. The Hall–Kier alpha value is -0.400. The van der Waals surface area contributed by atoms with Crippen molar-refractivity contribution in [1.29, 1.82) is 0 Å². The number of halogens is 2. The Balaban J connectivity index is 2.24. The lowest BCUT2D eigenvalue weighted by molar-refractivity contribution is 0.589. The molecule has 1 N–H and O–H groups in total. The molecular formula is C13H16Br2N2O2S. The van der Waals surface area contributed by atoms with Gasteiger partial charge in [-0.2, -0.15) is 0 Å². The molecule has 0 aliphatic carbocycles. The van der Waals surface area contributed by atoms with Crippen molar-refractivity contribution >= 4 is 47.7 Å². The number of hydrogen-bond acceptors (Lipinski definition) is 3. The Morgan fingerprint density at radius 1 is 1.10 bits per heavy atom. The smallest absolute Gasteiger partial charge is 0.263 e. The Bertz CT molecular complexity index is 615. The van der Waals surface area contributed by atoms with Crippen LogP contribution in [0.4, 0.5) is 0 Å². The minimum atomic E-state index is -3.60. The lowest BCUT2D eigenvalue weighted by atomic mass is 10.1. The second kappa shape index (κ2) is 7.04. The first-order valence-electron chi connectivity index (χ1n) is 6.50. The lowest BCUT2D eigenvalue weighted by Crippen LogP contribution is -2.31. The maximum absolute atomic E-state index is 12.4. The Kier molecular flexibility index (Phi) is 5.63. The first-order valence-corrected chi connectivity index (χ1v) is 9.57. The third kappa shape index (κ3) is 4.30. The molecule has 1 aliphatic rings. The van der Waals surface area contributed by atoms with Crippen LogP contribution < -0.4 is 4.72 Å². The molecule has 1 heterocycles. The molecule has 0 bridgehead atoms. The number of rotatable bonds is 2. The molecule has 0 saturated carbocycles. The first-order chi connectivity index (χ1) is 9.49. The summed E-state index contributed by atoms with van der Waals surface area (Å²) in [5.41, 5.74) is 0. The second-order valence-electron chi connectivity index (χ2n) is 4.67. The van der Waals surface area contributed by atoms with Crippen LogP contribution in [0, 0.1) is 0 Å². The molecule has 0 spiro atoms. The predicted octanol–water partition coefficient (Wildman–Crippen LogP) is 3.85. The molecule has 1 aliphatic heterocycles. The first kappa shape index (κ1) is 16.0. The van der Waals surface area contributed by atoms with Gasteiger partial charge in [0.2, 0.25) is 0 Å². The summed E-state index contributed by atoms with van der Waals surface area (Å²) in [5.74, 6) is 0.566. The minimum Gasteiger partial charge on any atom is -0.272 e. The van der Waals surface area contributed by atoms with Crippen LogP contribution in [0.5, 0.6) is 0 Å². The second-order valence-corrected chi connectivity index (χ2v) is 8.09. The summed E-state index contributed by atoms with van der Waals surface area (Å²) >= 11 is 6.57. The van der Waals surface area contributed by atoms with Crippen LogP contribution in [-0.4, -0.2) is 20.8 Å². The van der Waals surface area contributed by atoms with Gasteiger partial charge in [0.05, 0.1) is 0 Å². The average molecular weight is 424 g/mol. The molecule has 0 amide bonds. The van der Waals surface area contributed by atoms with Crippen LogP contribution in [0.3, 0.4) is 0 Å². The van der Waals surface area contributed by atoms with Gasteiger partial charge in [-0.25, -0.2) is 8.42 Å². The summed E-state index contributed by atoms with van der Waals surface area (Å²) in [6, 6.07) is 5.07. The van der Waals surface area contributed by atoms with Crippen molar-refractivity contribution < 1.29 is 8.42 Å². The van der Waals surface area contributed by atoms with Gasteiger partial charge in [0, 0.05) is 21.9 Å². The molecule has 0 aromatic heterocycles. The molecular weight excluding hydrogens is 408 g/mol. The summed E-state index contributed by atoms with van der Waals surface area (Å²) in [4.78, 5) is 4.56. The van der Waals surface area contributed by atoms with E-state index < -0.39 is 10.0 Å². The quantitative estimate of drug-likeness (QED) is 0.785. The molecule has 0 fully saturated rings. The molecule has 110 valence electrons. The van der Waals surface area contributed by atoms with Crippen LogP contribution in [-0.2, 0) is 10.0 Å². The fourth-order valence-corrected chi connectivity index (χ4v) is 4.62. The van der Waals surface area contributed by atoms with E-state index in [-0.39, 0.29) is 4.90 Å². The minimum absolute atomic E-state index is 0.219. The maximum Gasteiger partial charge on any atom is 0.263 e. The van der Waals surface area contributed by atoms with Crippen LogP contribution in [0.25, 0.3) is 0 Å². The fraction of sp³-hybridized carbons (Fsp3) is 0.462. The SMILES string of the molecule is O=S(=O)(NC1=NCCCCCC1)c1cc(Br)ccc1Br. The molecule has 0 atom stereocenters. The normalized spacial score (nSPS) is 17.0. The molecule has 2 rings (SSSR count). The van der Waals surface area contributed by atoms with Gasteiger partial charge in [-0.05, 0) is 47.0 Å². The summed E-state index contributed by atoms with van der Waals surface area (Å²) in [7, 11) is -3.60. The van der Waals surface area contributed by atoms with Gasteiger partial charge < -0.3 is 0 Å². The number of nitrogens with one attached hydrogen (secondary N) is 1. The number of hydrogen-bond donors (Lipinski definition) is 1. The highest BCUT2D eigenvalue weighted by molar-refractivity contribution is 9.11. The van der Waals surface area contributed by atoms with Crippen molar-refractivity contribution in [2.75, 3.05) is 6.54 Å². The van der Waals surface area contributed by atoms with E-state index in [1.165, 1.54) is 6.42 Å². The van der Waals surface area contributed by atoms with E-state index in [0.717, 1.165) is 23.7 Å². The molecule has 0 saturated heterocycles. The monoisotopic (exact) mass is 422 g/mol. The van der Waals surface area contributed by atoms with E-state index in [0.29, 0.717) is 23.3 Å². The molecule has 0 unspecified atom stereocenters. The van der Waals surface area contributed by atoms with Gasteiger partial charge in [-0.15, -0.1) is 0 Å². The Morgan fingerprint density at radius 3 is 2.65 bits per heavy atom. The van der Waals surface area contributed by atoms with Gasteiger partial charge in [0.25, 0.3) is 10.0 Å². The largest absolute Gasteiger partial charge is 0.272 e. The summed E-state index contributed by atoms with van der Waals surface area (Å²) in [6.45, 7) is 0.692. The standard InChI is InChI=1S/C13H16Br2N2O2S/c14-10-6-7-11(15)12(9-10)20(18,19)17-13-5-3-1-2-4-8-16-13/h6-7,9H,1-5,8H2,(H,16,17). The number of nitrogens with zero attached hydrogens (tertiary/aromatic N) is 1. The highest BCUT2D eigenvalue weighted by Gasteiger charge is 2.20. The summed E-state index contributed by atoms with van der Waals surface area (Å²) in [5, 5.41) is 0. The third-order valence-electron chi connectivity index (χ3n) is 3.06. The van der Waals surface area contributed by atoms with Crippen molar-refractivity contribution in [2.24, 2.45) is 4.99 Å². The van der Waals surface area contributed by atoms with E-state index in [1.54, 1.807) is 18.2 Å². The molecule has 1 aromatic carbocycles. The predicted molar refractivity (Wildman–Crippen MR) is 87.6 cm³/mol. The van der Waals surface area contributed by atoms with E-state index in [1.807, 2.05) is 0 Å². The number of amidine groups is 1. The van der Waals surface area contributed by atoms with Crippen molar-refractivity contribution in [3.05, 3.63) is 27.1 Å². The van der Waals surface area contributed by atoms with Crippen molar-refractivity contribution in [3.8, 4) is 0 Å². The van der Waals surface area contributed by atoms with E-state index in [2.05, 4.69) is 41.6 Å². The van der Waals surface area contributed by atoms with Crippen molar-refractivity contribution in [2.45, 2.75) is 37.0 Å². The van der Waals surface area contributed by atoms with Crippen molar-refractivity contribution in [1.82, 2.24) is 4.72 Å². The third-order valence-corrected chi connectivity index (χ3v) is 5.93. The van der Waals surface area contributed by atoms with E-state index >= 15 is 0 Å².